The molecule has 2 saturated heterocycles. The van der Waals surface area contributed by atoms with E-state index in [2.05, 4.69) is 34.6 Å². The molecule has 0 aromatic carbocycles. The second-order valence-electron chi connectivity index (χ2n) is 9.30. The van der Waals surface area contributed by atoms with Gasteiger partial charge in [0.25, 0.3) is 0 Å². The topological polar surface area (TPSA) is 46.2 Å². The minimum Gasteiger partial charge on any atom is -0.392 e. The molecule has 0 N–H and O–H groups in total. The molecular formula is C21H41FO5Si. The van der Waals surface area contributed by atoms with Crippen molar-refractivity contribution in [2.75, 3.05) is 13.7 Å². The molecule has 0 aromatic heterocycles. The molecule has 0 bridgehead atoms. The van der Waals surface area contributed by atoms with Gasteiger partial charge >= 0.3 is 8.56 Å². The molecule has 166 valence electrons. The molecule has 4 unspecified atom stereocenters. The van der Waals surface area contributed by atoms with E-state index in [9.17, 15) is 4.39 Å². The summed E-state index contributed by atoms with van der Waals surface area (Å²) < 4.78 is 44.3. The molecule has 2 rings (SSSR count). The van der Waals surface area contributed by atoms with Gasteiger partial charge in [-0.2, -0.15) is 0 Å². The molecule has 7 heteroatoms. The molecule has 28 heavy (non-hydrogen) atoms. The molecule has 5 nitrogen and oxygen atoms in total. The lowest BCUT2D eigenvalue weighted by Gasteiger charge is -2.45. The van der Waals surface area contributed by atoms with Gasteiger partial charge in [0.15, 0.2) is 6.29 Å². The van der Waals surface area contributed by atoms with Crippen LogP contribution in [0.2, 0.25) is 13.1 Å². The first kappa shape index (κ1) is 24.2. The third-order valence-corrected chi connectivity index (χ3v) is 8.83. The maximum Gasteiger partial charge on any atom is 0.332 e. The molecule has 0 saturated carbocycles. The summed E-state index contributed by atoms with van der Waals surface area (Å²) in [5, 5.41) is 0. The van der Waals surface area contributed by atoms with Crippen LogP contribution in [0.5, 0.6) is 0 Å². The highest BCUT2D eigenvalue weighted by molar-refractivity contribution is 6.64. The molecular weight excluding hydrogens is 379 g/mol. The van der Waals surface area contributed by atoms with Gasteiger partial charge in [0.2, 0.25) is 6.36 Å². The summed E-state index contributed by atoms with van der Waals surface area (Å²) in [5.74, 6) is 1.47. The van der Waals surface area contributed by atoms with Gasteiger partial charge in [0.1, 0.15) is 6.10 Å². The van der Waals surface area contributed by atoms with Crippen molar-refractivity contribution >= 4 is 8.56 Å². The average molecular weight is 421 g/mol. The van der Waals surface area contributed by atoms with Crippen molar-refractivity contribution in [3.8, 4) is 0 Å². The zero-order valence-corrected chi connectivity index (χ0v) is 20.1. The summed E-state index contributed by atoms with van der Waals surface area (Å²) in [6, 6.07) is 0. The predicted molar refractivity (Wildman–Crippen MR) is 110 cm³/mol. The number of rotatable bonds is 7. The molecule has 0 amide bonds. The standard InChI is InChI=1S/C21H41FO5Si/c1-10-17-14(4)15(5)19(20(22)25-17)27-28(8,9)24-11-18-13(3)12(2)16(6)21(23-7)26-18/h12-21H,10-11H2,1-9H3/t12-,13-,14-,15-,16?,17?,18?,19?,20-,21-/m0/s1. The van der Waals surface area contributed by atoms with Crippen LogP contribution in [-0.4, -0.2) is 53.2 Å². The van der Waals surface area contributed by atoms with Crippen molar-refractivity contribution in [1.29, 1.82) is 0 Å². The Morgan fingerprint density at radius 3 is 2.04 bits per heavy atom. The highest BCUT2D eigenvalue weighted by atomic mass is 28.4. The molecule has 0 aliphatic carbocycles. The molecule has 10 atom stereocenters. The van der Waals surface area contributed by atoms with E-state index in [4.69, 9.17) is 23.1 Å². The first-order chi connectivity index (χ1) is 13.0. The Labute approximate surface area is 171 Å². The van der Waals surface area contributed by atoms with Gasteiger partial charge in [-0.3, -0.25) is 0 Å². The zero-order chi connectivity index (χ0) is 21.2. The Kier molecular flexibility index (Phi) is 8.51. The van der Waals surface area contributed by atoms with Crippen LogP contribution >= 0.6 is 0 Å². The van der Waals surface area contributed by atoms with Crippen LogP contribution in [0.1, 0.15) is 48.0 Å². The molecule has 2 heterocycles. The van der Waals surface area contributed by atoms with Crippen LogP contribution in [0.25, 0.3) is 0 Å². The molecule has 2 fully saturated rings. The Morgan fingerprint density at radius 2 is 1.46 bits per heavy atom. The van der Waals surface area contributed by atoms with Gasteiger partial charge in [-0.05, 0) is 43.2 Å². The lowest BCUT2D eigenvalue weighted by molar-refractivity contribution is -0.245. The molecule has 2 aliphatic rings. The molecule has 2 aliphatic heterocycles. The lowest BCUT2D eigenvalue weighted by atomic mass is 9.79. The predicted octanol–water partition coefficient (Wildman–Crippen LogP) is 4.75. The number of alkyl halides is 1. The van der Waals surface area contributed by atoms with E-state index < -0.39 is 21.0 Å². The van der Waals surface area contributed by atoms with E-state index in [0.29, 0.717) is 24.4 Å². The van der Waals surface area contributed by atoms with Crippen LogP contribution < -0.4 is 0 Å². The quantitative estimate of drug-likeness (QED) is 0.556. The van der Waals surface area contributed by atoms with E-state index in [1.54, 1.807) is 7.11 Å². The smallest absolute Gasteiger partial charge is 0.332 e. The van der Waals surface area contributed by atoms with Crippen molar-refractivity contribution in [2.24, 2.45) is 29.6 Å². The first-order valence-corrected chi connectivity index (χ1v) is 13.6. The number of ether oxygens (including phenoxy) is 3. The largest absolute Gasteiger partial charge is 0.392 e. The van der Waals surface area contributed by atoms with E-state index in [-0.39, 0.29) is 30.3 Å². The maximum absolute atomic E-state index is 14.7. The van der Waals surface area contributed by atoms with Crippen LogP contribution in [0.3, 0.4) is 0 Å². The van der Waals surface area contributed by atoms with Gasteiger partial charge in [0, 0.05) is 13.0 Å². The van der Waals surface area contributed by atoms with Gasteiger partial charge in [-0.1, -0.05) is 41.5 Å². The van der Waals surface area contributed by atoms with Crippen LogP contribution in [0, 0.1) is 29.6 Å². The Morgan fingerprint density at radius 1 is 0.857 bits per heavy atom. The summed E-state index contributed by atoms with van der Waals surface area (Å²) in [6.07, 6.45) is -1.52. The Hall–Kier alpha value is -0.0531. The molecule has 0 aromatic rings. The van der Waals surface area contributed by atoms with Crippen LogP contribution in [0.4, 0.5) is 4.39 Å². The second kappa shape index (κ2) is 9.84. The molecule has 0 spiro atoms. The normalized spacial score (nSPS) is 45.2. The third-order valence-electron chi connectivity index (χ3n) is 7.13. The van der Waals surface area contributed by atoms with E-state index in [1.165, 1.54) is 0 Å². The Bertz CT molecular complexity index is 491. The van der Waals surface area contributed by atoms with Crippen molar-refractivity contribution in [1.82, 2.24) is 0 Å². The zero-order valence-electron chi connectivity index (χ0n) is 19.1. The first-order valence-electron chi connectivity index (χ1n) is 10.8. The fourth-order valence-corrected chi connectivity index (χ4v) is 6.08. The van der Waals surface area contributed by atoms with E-state index in [1.807, 2.05) is 20.0 Å². The fourth-order valence-electron chi connectivity index (χ4n) is 4.46. The average Bonchev–Trinajstić information content (AvgIpc) is 2.65. The van der Waals surface area contributed by atoms with Gasteiger partial charge < -0.3 is 23.1 Å². The van der Waals surface area contributed by atoms with Crippen molar-refractivity contribution in [2.45, 2.75) is 92.0 Å². The van der Waals surface area contributed by atoms with Gasteiger partial charge in [-0.15, -0.1) is 0 Å². The van der Waals surface area contributed by atoms with Crippen molar-refractivity contribution in [3.63, 3.8) is 0 Å². The van der Waals surface area contributed by atoms with E-state index >= 15 is 0 Å². The van der Waals surface area contributed by atoms with Gasteiger partial charge in [0.05, 0.1) is 18.8 Å². The number of halogens is 1. The summed E-state index contributed by atoms with van der Waals surface area (Å²) >= 11 is 0. The summed E-state index contributed by atoms with van der Waals surface area (Å²) in [4.78, 5) is 0. The summed E-state index contributed by atoms with van der Waals surface area (Å²) in [6.45, 7) is 17.1. The van der Waals surface area contributed by atoms with Crippen molar-refractivity contribution < 1.29 is 27.5 Å². The summed E-state index contributed by atoms with van der Waals surface area (Å²) in [7, 11) is -0.881. The number of hydrogen-bond acceptors (Lipinski definition) is 5. The summed E-state index contributed by atoms with van der Waals surface area (Å²) in [5.41, 5.74) is 0. The van der Waals surface area contributed by atoms with Gasteiger partial charge in [-0.25, -0.2) is 4.39 Å². The second-order valence-corrected chi connectivity index (χ2v) is 12.6. The lowest BCUT2D eigenvalue weighted by Crippen LogP contribution is -2.54. The SMILES string of the molecule is CCC1O[C@H](F)C(O[Si](C)(C)OCC2O[C@H](OC)C(C)[C@@H](C)[C@@H]2C)[C@@H](C)[C@@H]1C. The highest BCUT2D eigenvalue weighted by Crippen LogP contribution is 2.37. The third kappa shape index (κ3) is 5.35. The van der Waals surface area contributed by atoms with E-state index in [0.717, 1.165) is 6.42 Å². The number of hydrogen-bond donors (Lipinski definition) is 0. The minimum absolute atomic E-state index is 0.0542. The van der Waals surface area contributed by atoms with Crippen LogP contribution in [0.15, 0.2) is 0 Å². The Balaban J connectivity index is 1.96. The monoisotopic (exact) mass is 420 g/mol. The van der Waals surface area contributed by atoms with Crippen molar-refractivity contribution in [3.05, 3.63) is 0 Å². The fraction of sp³-hybridized carbons (Fsp3) is 1.00. The molecule has 0 radical (unpaired) electrons. The maximum atomic E-state index is 14.7. The highest BCUT2D eigenvalue weighted by Gasteiger charge is 2.46. The minimum atomic E-state index is -2.56. The van der Waals surface area contributed by atoms with Crippen LogP contribution in [-0.2, 0) is 23.1 Å². The number of methoxy groups -OCH3 is 1.